The van der Waals surface area contributed by atoms with Gasteiger partial charge in [0.25, 0.3) is 5.91 Å². The molecular weight excluding hydrogens is 282 g/mol. The Balaban J connectivity index is 1.72. The highest BCUT2D eigenvalue weighted by Crippen LogP contribution is 2.30. The lowest BCUT2D eigenvalue weighted by Crippen LogP contribution is -2.20. The molecule has 0 unspecified atom stereocenters. The molecule has 0 bridgehead atoms. The van der Waals surface area contributed by atoms with Crippen LogP contribution in [-0.2, 0) is 4.79 Å². The molecule has 3 N–H and O–H groups in total. The second-order valence-electron chi connectivity index (χ2n) is 4.79. The van der Waals surface area contributed by atoms with Crippen LogP contribution in [0.4, 0.5) is 5.69 Å². The molecule has 0 aromatic heterocycles. The summed E-state index contributed by atoms with van der Waals surface area (Å²) >= 11 is 0. The van der Waals surface area contributed by atoms with Gasteiger partial charge in [-0.25, -0.2) is 5.43 Å². The summed E-state index contributed by atoms with van der Waals surface area (Å²) in [4.78, 5) is 23.8. The molecule has 1 atom stereocenters. The molecule has 110 valence electrons. The normalized spacial score (nSPS) is 16.4. The number of hydrogen-bond donors (Lipinski definition) is 3. The van der Waals surface area contributed by atoms with Crippen LogP contribution in [0.3, 0.4) is 0 Å². The summed E-state index contributed by atoms with van der Waals surface area (Å²) in [7, 11) is 0. The molecule has 0 spiro atoms. The number of nitrogens with one attached hydrogen (secondary N) is 2. The van der Waals surface area contributed by atoms with Crippen LogP contribution < -0.4 is 10.7 Å². The largest absolute Gasteiger partial charge is 0.507 e. The smallest absolute Gasteiger partial charge is 0.275 e. The molecule has 0 saturated carbocycles. The van der Waals surface area contributed by atoms with E-state index in [0.29, 0.717) is 0 Å². The Labute approximate surface area is 126 Å². The average Bonchev–Trinajstić information content (AvgIpc) is 2.83. The van der Waals surface area contributed by atoms with E-state index in [0.717, 1.165) is 11.3 Å². The second kappa shape index (κ2) is 5.69. The molecule has 6 heteroatoms. The summed E-state index contributed by atoms with van der Waals surface area (Å²) in [5.41, 5.74) is 3.99. The number of aromatic hydroxyl groups is 1. The fourth-order valence-corrected chi connectivity index (χ4v) is 2.28. The maximum Gasteiger partial charge on any atom is 0.275 e. The summed E-state index contributed by atoms with van der Waals surface area (Å²) in [6.07, 6.45) is 1.37. The number of hydrogen-bond acceptors (Lipinski definition) is 4. The first-order valence-electron chi connectivity index (χ1n) is 6.68. The van der Waals surface area contributed by atoms with Crippen LogP contribution in [0.1, 0.15) is 21.8 Å². The minimum absolute atomic E-state index is 0.121. The van der Waals surface area contributed by atoms with Gasteiger partial charge >= 0.3 is 0 Å². The van der Waals surface area contributed by atoms with Gasteiger partial charge in [-0.05, 0) is 23.8 Å². The summed E-state index contributed by atoms with van der Waals surface area (Å²) < 4.78 is 0. The lowest BCUT2D eigenvalue weighted by molar-refractivity contribution is -0.115. The highest BCUT2D eigenvalue weighted by molar-refractivity contribution is 6.12. The van der Waals surface area contributed by atoms with Crippen molar-refractivity contribution < 1.29 is 14.7 Å². The molecular formula is C16H13N3O3. The number of hydrazone groups is 1. The van der Waals surface area contributed by atoms with Gasteiger partial charge in [0, 0.05) is 11.9 Å². The van der Waals surface area contributed by atoms with Crippen molar-refractivity contribution in [1.82, 2.24) is 5.43 Å². The summed E-state index contributed by atoms with van der Waals surface area (Å²) in [6.45, 7) is 0. The van der Waals surface area contributed by atoms with Crippen LogP contribution >= 0.6 is 0 Å². The van der Waals surface area contributed by atoms with Crippen LogP contribution in [0.2, 0.25) is 0 Å². The number of carbonyl (C=O) groups is 2. The predicted molar refractivity (Wildman–Crippen MR) is 81.9 cm³/mol. The van der Waals surface area contributed by atoms with Gasteiger partial charge < -0.3 is 10.4 Å². The maximum absolute atomic E-state index is 11.9. The van der Waals surface area contributed by atoms with Crippen LogP contribution in [0.25, 0.3) is 0 Å². The molecule has 0 aliphatic carbocycles. The Hall–Kier alpha value is -3.15. The topological polar surface area (TPSA) is 90.8 Å². The standard InChI is InChI=1S/C16H13N3O3/c20-14-8-4-2-6-11(14)16(22)19-17-9-12-10-5-1-3-7-13(10)18-15(12)21/h1-9,12,20H,(H,18,21)(H,19,22)/b17-9-/t12-/m1/s1. The Morgan fingerprint density at radius 2 is 1.91 bits per heavy atom. The summed E-state index contributed by atoms with van der Waals surface area (Å²) in [5.74, 6) is -1.40. The minimum atomic E-state index is -0.541. The zero-order chi connectivity index (χ0) is 15.5. The van der Waals surface area contributed by atoms with Gasteiger partial charge in [-0.3, -0.25) is 9.59 Å². The lowest BCUT2D eigenvalue weighted by Gasteiger charge is -2.04. The quantitative estimate of drug-likeness (QED) is 0.596. The van der Waals surface area contributed by atoms with E-state index in [1.165, 1.54) is 18.3 Å². The van der Waals surface area contributed by atoms with Crippen LogP contribution in [-0.4, -0.2) is 23.1 Å². The van der Waals surface area contributed by atoms with Gasteiger partial charge in [-0.15, -0.1) is 0 Å². The predicted octanol–water partition coefficient (Wildman–Crippen LogP) is 1.84. The molecule has 0 fully saturated rings. The first-order valence-corrected chi connectivity index (χ1v) is 6.68. The third-order valence-corrected chi connectivity index (χ3v) is 3.37. The molecule has 3 rings (SSSR count). The minimum Gasteiger partial charge on any atom is -0.507 e. The zero-order valence-electron chi connectivity index (χ0n) is 11.5. The number of phenolic OH excluding ortho intramolecular Hbond substituents is 1. The number of benzene rings is 2. The van der Waals surface area contributed by atoms with Crippen molar-refractivity contribution in [2.45, 2.75) is 5.92 Å². The van der Waals surface area contributed by atoms with Crippen LogP contribution in [0, 0.1) is 0 Å². The van der Waals surface area contributed by atoms with Crippen molar-refractivity contribution in [3.05, 3.63) is 59.7 Å². The SMILES string of the molecule is O=C(N/N=C\[C@H]1C(=O)Nc2ccccc21)c1ccccc1O. The van der Waals surface area contributed by atoms with Gasteiger partial charge in [-0.1, -0.05) is 30.3 Å². The number of amides is 2. The molecule has 1 aliphatic heterocycles. The third kappa shape index (κ3) is 2.54. The van der Waals surface area contributed by atoms with Crippen molar-refractivity contribution >= 4 is 23.7 Å². The maximum atomic E-state index is 11.9. The van der Waals surface area contributed by atoms with Crippen molar-refractivity contribution in [2.75, 3.05) is 5.32 Å². The second-order valence-corrected chi connectivity index (χ2v) is 4.79. The highest BCUT2D eigenvalue weighted by Gasteiger charge is 2.28. The van der Waals surface area contributed by atoms with E-state index in [4.69, 9.17) is 0 Å². The Bertz CT molecular complexity index is 771. The Kier molecular flexibility index (Phi) is 3.57. The number of carbonyl (C=O) groups excluding carboxylic acids is 2. The molecule has 2 aromatic carbocycles. The molecule has 6 nitrogen and oxygen atoms in total. The van der Waals surface area contributed by atoms with E-state index in [-0.39, 0.29) is 17.2 Å². The first-order chi connectivity index (χ1) is 10.7. The number of anilines is 1. The van der Waals surface area contributed by atoms with Gasteiger partial charge in [-0.2, -0.15) is 5.10 Å². The number of fused-ring (bicyclic) bond motifs is 1. The number of nitrogens with zero attached hydrogens (tertiary/aromatic N) is 1. The van der Waals surface area contributed by atoms with E-state index in [9.17, 15) is 14.7 Å². The monoisotopic (exact) mass is 295 g/mol. The van der Waals surface area contributed by atoms with Crippen LogP contribution in [0.5, 0.6) is 5.75 Å². The average molecular weight is 295 g/mol. The van der Waals surface area contributed by atoms with Gasteiger partial charge in [0.05, 0.1) is 5.56 Å². The lowest BCUT2D eigenvalue weighted by atomic mass is 10.0. The summed E-state index contributed by atoms with van der Waals surface area (Å²) in [6, 6.07) is 13.5. The third-order valence-electron chi connectivity index (χ3n) is 3.37. The van der Waals surface area contributed by atoms with Gasteiger partial charge in [0.15, 0.2) is 0 Å². The zero-order valence-corrected chi connectivity index (χ0v) is 11.5. The van der Waals surface area contributed by atoms with Gasteiger partial charge in [0.2, 0.25) is 5.91 Å². The van der Waals surface area contributed by atoms with Crippen molar-refractivity contribution in [1.29, 1.82) is 0 Å². The first kappa shape index (κ1) is 13.8. The highest BCUT2D eigenvalue weighted by atomic mass is 16.3. The number of phenols is 1. The van der Waals surface area contributed by atoms with E-state index in [1.54, 1.807) is 12.1 Å². The fraction of sp³-hybridized carbons (Fsp3) is 0.0625. The summed E-state index contributed by atoms with van der Waals surface area (Å²) in [5, 5.41) is 16.2. The van der Waals surface area contributed by atoms with Gasteiger partial charge in [0.1, 0.15) is 11.7 Å². The molecule has 1 heterocycles. The molecule has 0 saturated heterocycles. The van der Waals surface area contributed by atoms with E-state index < -0.39 is 11.8 Å². The molecule has 0 radical (unpaired) electrons. The molecule has 1 aliphatic rings. The Morgan fingerprint density at radius 3 is 2.73 bits per heavy atom. The Morgan fingerprint density at radius 1 is 1.18 bits per heavy atom. The van der Waals surface area contributed by atoms with Crippen LogP contribution in [0.15, 0.2) is 53.6 Å². The van der Waals surface area contributed by atoms with E-state index in [1.807, 2.05) is 24.3 Å². The van der Waals surface area contributed by atoms with Crippen molar-refractivity contribution in [2.24, 2.45) is 5.10 Å². The molecule has 2 aromatic rings. The van der Waals surface area contributed by atoms with E-state index >= 15 is 0 Å². The molecule has 2 amide bonds. The van der Waals surface area contributed by atoms with Crippen molar-refractivity contribution in [3.63, 3.8) is 0 Å². The van der Waals surface area contributed by atoms with E-state index in [2.05, 4.69) is 15.8 Å². The number of rotatable bonds is 3. The molecule has 22 heavy (non-hydrogen) atoms. The van der Waals surface area contributed by atoms with Crippen molar-refractivity contribution in [3.8, 4) is 5.75 Å². The fourth-order valence-electron chi connectivity index (χ4n) is 2.28. The number of para-hydroxylation sites is 2.